The number of benzene rings is 3. The molecule has 2 aliphatic heterocycles. The topological polar surface area (TPSA) is 54.5 Å². The van der Waals surface area contributed by atoms with Gasteiger partial charge in [-0.3, -0.25) is 9.69 Å². The molecule has 0 aromatic heterocycles. The van der Waals surface area contributed by atoms with Crippen LogP contribution in [-0.2, 0) is 6.54 Å². The van der Waals surface area contributed by atoms with Gasteiger partial charge in [0, 0.05) is 68.3 Å². The lowest BCUT2D eigenvalue weighted by atomic mass is 10.1. The number of hydrogen-bond acceptors (Lipinski definition) is 6. The number of methoxy groups -OCH3 is 3. The second-order valence-electron chi connectivity index (χ2n) is 9.20. The van der Waals surface area contributed by atoms with Crippen LogP contribution in [0.5, 0.6) is 17.2 Å². The van der Waals surface area contributed by atoms with Crippen LogP contribution in [0.15, 0.2) is 66.7 Å². The second-order valence-corrected chi connectivity index (χ2v) is 9.20. The SMILES string of the molecule is COc1ccc(CN2CCN(C(=O)c3ccc(N4CC=Cc5ccccc54)cc3OC)CC2)c(OC)c1. The number of para-hydroxylation sites is 1. The molecule has 5 rings (SSSR count). The molecule has 3 aromatic rings. The van der Waals surface area contributed by atoms with E-state index in [1.165, 1.54) is 5.56 Å². The second kappa shape index (κ2) is 11.0. The zero-order chi connectivity index (χ0) is 25.8. The highest BCUT2D eigenvalue weighted by Crippen LogP contribution is 2.35. The molecule has 37 heavy (non-hydrogen) atoms. The van der Waals surface area contributed by atoms with E-state index in [1.807, 2.05) is 53.4 Å². The van der Waals surface area contributed by atoms with Gasteiger partial charge in [-0.25, -0.2) is 0 Å². The van der Waals surface area contributed by atoms with E-state index >= 15 is 0 Å². The number of ether oxygens (including phenoxy) is 3. The van der Waals surface area contributed by atoms with E-state index in [0.29, 0.717) is 24.4 Å². The summed E-state index contributed by atoms with van der Waals surface area (Å²) in [6, 6.07) is 20.1. The maximum atomic E-state index is 13.5. The van der Waals surface area contributed by atoms with E-state index in [-0.39, 0.29) is 5.91 Å². The summed E-state index contributed by atoms with van der Waals surface area (Å²) in [6.45, 7) is 4.43. The number of carbonyl (C=O) groups excluding carboxylic acids is 1. The number of carbonyl (C=O) groups is 1. The van der Waals surface area contributed by atoms with Gasteiger partial charge in [-0.05, 0) is 29.8 Å². The minimum absolute atomic E-state index is 0.00372. The van der Waals surface area contributed by atoms with Crippen molar-refractivity contribution >= 4 is 23.4 Å². The van der Waals surface area contributed by atoms with Gasteiger partial charge in [0.25, 0.3) is 5.91 Å². The van der Waals surface area contributed by atoms with Gasteiger partial charge in [0.2, 0.25) is 0 Å². The van der Waals surface area contributed by atoms with Crippen molar-refractivity contribution in [3.8, 4) is 17.2 Å². The summed E-state index contributed by atoms with van der Waals surface area (Å²) in [5, 5.41) is 0. The lowest BCUT2D eigenvalue weighted by molar-refractivity contribution is 0.0624. The number of fused-ring (bicyclic) bond motifs is 1. The van der Waals surface area contributed by atoms with Crippen molar-refractivity contribution in [3.05, 3.63) is 83.4 Å². The van der Waals surface area contributed by atoms with Crippen molar-refractivity contribution in [3.63, 3.8) is 0 Å². The molecule has 0 saturated carbocycles. The van der Waals surface area contributed by atoms with Crippen molar-refractivity contribution in [2.45, 2.75) is 6.54 Å². The van der Waals surface area contributed by atoms with Crippen molar-refractivity contribution in [2.24, 2.45) is 0 Å². The average Bonchev–Trinajstić information content (AvgIpc) is 2.96. The number of hydrogen-bond donors (Lipinski definition) is 0. The van der Waals surface area contributed by atoms with Crippen molar-refractivity contribution in [1.82, 2.24) is 9.80 Å². The third kappa shape index (κ3) is 5.13. The molecule has 192 valence electrons. The average molecular weight is 500 g/mol. The first-order valence-corrected chi connectivity index (χ1v) is 12.5. The largest absolute Gasteiger partial charge is 0.497 e. The fraction of sp³-hybridized carbons (Fsp3) is 0.300. The minimum atomic E-state index is 0.00372. The Morgan fingerprint density at radius 3 is 2.38 bits per heavy atom. The van der Waals surface area contributed by atoms with E-state index in [9.17, 15) is 4.79 Å². The van der Waals surface area contributed by atoms with Gasteiger partial charge in [0.15, 0.2) is 0 Å². The van der Waals surface area contributed by atoms with E-state index in [4.69, 9.17) is 14.2 Å². The zero-order valence-corrected chi connectivity index (χ0v) is 21.6. The summed E-state index contributed by atoms with van der Waals surface area (Å²) in [4.78, 5) is 20.0. The molecule has 0 radical (unpaired) electrons. The van der Waals surface area contributed by atoms with Crippen LogP contribution in [0.2, 0.25) is 0 Å². The van der Waals surface area contributed by atoms with E-state index in [2.05, 4.69) is 34.1 Å². The molecule has 0 unspecified atom stereocenters. The monoisotopic (exact) mass is 499 g/mol. The van der Waals surface area contributed by atoms with Crippen molar-refractivity contribution in [1.29, 1.82) is 0 Å². The van der Waals surface area contributed by atoms with Crippen LogP contribution < -0.4 is 19.1 Å². The maximum Gasteiger partial charge on any atom is 0.257 e. The van der Waals surface area contributed by atoms with E-state index < -0.39 is 0 Å². The maximum absolute atomic E-state index is 13.5. The van der Waals surface area contributed by atoms with Gasteiger partial charge in [0.1, 0.15) is 17.2 Å². The summed E-state index contributed by atoms with van der Waals surface area (Å²) < 4.78 is 16.6. The fourth-order valence-electron chi connectivity index (χ4n) is 5.03. The molecular formula is C30H33N3O4. The normalized spacial score (nSPS) is 15.3. The van der Waals surface area contributed by atoms with Crippen LogP contribution in [-0.4, -0.2) is 69.8 Å². The molecule has 1 saturated heterocycles. The van der Waals surface area contributed by atoms with Crippen LogP contribution in [0.3, 0.4) is 0 Å². The molecule has 7 nitrogen and oxygen atoms in total. The van der Waals surface area contributed by atoms with Crippen LogP contribution in [0, 0.1) is 0 Å². The van der Waals surface area contributed by atoms with Gasteiger partial charge >= 0.3 is 0 Å². The Kier molecular flexibility index (Phi) is 7.32. The third-order valence-electron chi connectivity index (χ3n) is 7.09. The van der Waals surface area contributed by atoms with Crippen molar-refractivity contribution < 1.29 is 19.0 Å². The standard InChI is InChI=1S/C30H33N3O4/c1-35-25-12-10-23(28(20-25)36-2)21-31-15-17-32(18-16-31)30(34)26-13-11-24(19-29(26)37-3)33-14-6-8-22-7-4-5-9-27(22)33/h4-13,19-20H,14-18,21H2,1-3H3. The predicted molar refractivity (Wildman–Crippen MR) is 146 cm³/mol. The summed E-state index contributed by atoms with van der Waals surface area (Å²) in [5.41, 5.74) is 5.03. The van der Waals surface area contributed by atoms with Gasteiger partial charge < -0.3 is 24.0 Å². The first kappa shape index (κ1) is 24.7. The van der Waals surface area contributed by atoms with E-state index in [1.54, 1.807) is 21.3 Å². The van der Waals surface area contributed by atoms with Crippen molar-refractivity contribution in [2.75, 3.05) is 59.0 Å². The first-order chi connectivity index (χ1) is 18.1. The number of nitrogens with zero attached hydrogens (tertiary/aromatic N) is 3. The smallest absolute Gasteiger partial charge is 0.257 e. The Balaban J connectivity index is 1.26. The molecule has 0 atom stereocenters. The highest BCUT2D eigenvalue weighted by molar-refractivity contribution is 5.98. The lowest BCUT2D eigenvalue weighted by Gasteiger charge is -2.35. The molecular weight excluding hydrogens is 466 g/mol. The molecule has 0 spiro atoms. The Hall–Kier alpha value is -3.97. The predicted octanol–water partition coefficient (Wildman–Crippen LogP) is 4.84. The summed E-state index contributed by atoms with van der Waals surface area (Å²) in [5.74, 6) is 2.19. The molecule has 2 aliphatic rings. The van der Waals surface area contributed by atoms with Gasteiger partial charge in [-0.1, -0.05) is 36.4 Å². The first-order valence-electron chi connectivity index (χ1n) is 12.5. The molecule has 2 heterocycles. The van der Waals surface area contributed by atoms with Crippen LogP contribution >= 0.6 is 0 Å². The Morgan fingerprint density at radius 2 is 1.62 bits per heavy atom. The Bertz CT molecular complexity index is 1300. The van der Waals surface area contributed by atoms with Crippen LogP contribution in [0.4, 0.5) is 11.4 Å². The van der Waals surface area contributed by atoms with E-state index in [0.717, 1.165) is 54.6 Å². The number of amides is 1. The zero-order valence-electron chi connectivity index (χ0n) is 21.6. The summed E-state index contributed by atoms with van der Waals surface area (Å²) in [7, 11) is 4.95. The third-order valence-corrected chi connectivity index (χ3v) is 7.09. The molecule has 3 aromatic carbocycles. The summed E-state index contributed by atoms with van der Waals surface area (Å²) in [6.07, 6.45) is 4.29. The fourth-order valence-corrected chi connectivity index (χ4v) is 5.03. The van der Waals surface area contributed by atoms with Gasteiger partial charge in [-0.15, -0.1) is 0 Å². The molecule has 1 fully saturated rings. The number of rotatable bonds is 7. The Morgan fingerprint density at radius 1 is 0.838 bits per heavy atom. The number of piperazine rings is 1. The van der Waals surface area contributed by atoms with Gasteiger partial charge in [-0.2, -0.15) is 0 Å². The highest BCUT2D eigenvalue weighted by Gasteiger charge is 2.26. The minimum Gasteiger partial charge on any atom is -0.497 e. The summed E-state index contributed by atoms with van der Waals surface area (Å²) >= 11 is 0. The molecule has 1 amide bonds. The Labute approximate surface area is 218 Å². The molecule has 0 bridgehead atoms. The number of anilines is 2. The molecule has 0 aliphatic carbocycles. The highest BCUT2D eigenvalue weighted by atomic mass is 16.5. The quantitative estimate of drug-likeness (QED) is 0.464. The molecule has 0 N–H and O–H groups in total. The van der Waals surface area contributed by atoms with Crippen LogP contribution in [0.1, 0.15) is 21.5 Å². The lowest BCUT2D eigenvalue weighted by Crippen LogP contribution is -2.48. The van der Waals surface area contributed by atoms with Gasteiger partial charge in [0.05, 0.1) is 26.9 Å². The molecule has 7 heteroatoms. The van der Waals surface area contributed by atoms with Crippen LogP contribution in [0.25, 0.3) is 6.08 Å².